The van der Waals surface area contributed by atoms with Gasteiger partial charge < -0.3 is 5.32 Å². The van der Waals surface area contributed by atoms with Crippen LogP contribution in [0.3, 0.4) is 0 Å². The van der Waals surface area contributed by atoms with Gasteiger partial charge in [0.05, 0.1) is 4.90 Å². The molecule has 1 rings (SSSR count). The lowest BCUT2D eigenvalue weighted by molar-refractivity contribution is -0.111. The average molecular weight is 268 g/mol. The molecule has 98 valence electrons. The summed E-state index contributed by atoms with van der Waals surface area (Å²) in [4.78, 5) is 11.2. The summed E-state index contributed by atoms with van der Waals surface area (Å²) < 4.78 is 26.0. The molecule has 18 heavy (non-hydrogen) atoms. The summed E-state index contributed by atoms with van der Waals surface area (Å²) in [6.45, 7) is 5.61. The number of hydrogen-bond donors (Lipinski definition) is 2. The van der Waals surface area contributed by atoms with E-state index in [0.29, 0.717) is 12.2 Å². The van der Waals surface area contributed by atoms with E-state index in [1.807, 2.05) is 6.92 Å². The molecular formula is C12H16N2O3S. The molecule has 0 atom stereocenters. The van der Waals surface area contributed by atoms with Gasteiger partial charge in [-0.05, 0) is 36.8 Å². The first kappa shape index (κ1) is 14.4. The van der Waals surface area contributed by atoms with Gasteiger partial charge in [-0.25, -0.2) is 13.1 Å². The van der Waals surface area contributed by atoms with Crippen LogP contribution in [0.1, 0.15) is 13.3 Å². The molecule has 0 heterocycles. The number of carbonyl (C=O) groups excluding carboxylic acids is 1. The molecule has 0 spiro atoms. The van der Waals surface area contributed by atoms with Crippen LogP contribution < -0.4 is 10.0 Å². The van der Waals surface area contributed by atoms with Crippen LogP contribution in [0.2, 0.25) is 0 Å². The highest BCUT2D eigenvalue weighted by molar-refractivity contribution is 7.89. The number of carbonyl (C=O) groups is 1. The molecule has 2 N–H and O–H groups in total. The lowest BCUT2D eigenvalue weighted by Gasteiger charge is -2.07. The summed E-state index contributed by atoms with van der Waals surface area (Å²) in [5.41, 5.74) is 0.523. The van der Waals surface area contributed by atoms with E-state index >= 15 is 0 Å². The zero-order valence-electron chi connectivity index (χ0n) is 10.1. The zero-order chi connectivity index (χ0) is 13.6. The van der Waals surface area contributed by atoms with Gasteiger partial charge >= 0.3 is 0 Å². The highest BCUT2D eigenvalue weighted by Crippen LogP contribution is 2.13. The summed E-state index contributed by atoms with van der Waals surface area (Å²) >= 11 is 0. The van der Waals surface area contributed by atoms with Crippen molar-refractivity contribution in [3.05, 3.63) is 36.9 Å². The maximum Gasteiger partial charge on any atom is 0.247 e. The molecule has 0 unspecified atom stereocenters. The molecule has 5 nitrogen and oxygen atoms in total. The molecule has 0 aliphatic rings. The monoisotopic (exact) mass is 268 g/mol. The van der Waals surface area contributed by atoms with E-state index in [2.05, 4.69) is 16.6 Å². The van der Waals surface area contributed by atoms with Crippen LogP contribution in [0.15, 0.2) is 41.8 Å². The molecule has 6 heteroatoms. The van der Waals surface area contributed by atoms with Crippen LogP contribution in [0.5, 0.6) is 0 Å². The van der Waals surface area contributed by atoms with Crippen molar-refractivity contribution in [2.75, 3.05) is 11.9 Å². The first-order chi connectivity index (χ1) is 8.49. The van der Waals surface area contributed by atoms with Gasteiger partial charge in [0.2, 0.25) is 15.9 Å². The molecule has 0 saturated heterocycles. The maximum atomic E-state index is 11.8. The van der Waals surface area contributed by atoms with E-state index in [9.17, 15) is 13.2 Å². The van der Waals surface area contributed by atoms with E-state index in [1.54, 1.807) is 0 Å². The summed E-state index contributed by atoms with van der Waals surface area (Å²) in [6.07, 6.45) is 1.88. The Morgan fingerprint density at radius 3 is 2.44 bits per heavy atom. The van der Waals surface area contributed by atoms with Crippen LogP contribution in [-0.2, 0) is 14.8 Å². The summed E-state index contributed by atoms with van der Waals surface area (Å²) in [5, 5.41) is 2.54. The fourth-order valence-corrected chi connectivity index (χ4v) is 2.36. The second-order valence-corrected chi connectivity index (χ2v) is 5.38. The van der Waals surface area contributed by atoms with E-state index in [0.717, 1.165) is 12.5 Å². The molecule has 1 aromatic rings. The molecule has 0 aliphatic carbocycles. The van der Waals surface area contributed by atoms with Crippen LogP contribution in [-0.4, -0.2) is 20.9 Å². The quantitative estimate of drug-likeness (QED) is 0.768. The van der Waals surface area contributed by atoms with E-state index in [1.165, 1.54) is 24.3 Å². The summed E-state index contributed by atoms with van der Waals surface area (Å²) in [5.74, 6) is -0.338. The van der Waals surface area contributed by atoms with Gasteiger partial charge in [0, 0.05) is 12.2 Å². The third kappa shape index (κ3) is 3.97. The first-order valence-electron chi connectivity index (χ1n) is 5.52. The number of amides is 1. The van der Waals surface area contributed by atoms with Gasteiger partial charge in [0.15, 0.2) is 0 Å². The van der Waals surface area contributed by atoms with E-state index in [-0.39, 0.29) is 10.8 Å². The van der Waals surface area contributed by atoms with Crippen LogP contribution >= 0.6 is 0 Å². The van der Waals surface area contributed by atoms with Gasteiger partial charge in [-0.15, -0.1) is 0 Å². The van der Waals surface area contributed by atoms with Crippen LogP contribution in [0.25, 0.3) is 0 Å². The van der Waals surface area contributed by atoms with Gasteiger partial charge in [0.25, 0.3) is 0 Å². The van der Waals surface area contributed by atoms with Crippen molar-refractivity contribution >= 4 is 21.6 Å². The van der Waals surface area contributed by atoms with Crippen LogP contribution in [0, 0.1) is 0 Å². The fraction of sp³-hybridized carbons (Fsp3) is 0.250. The predicted octanol–water partition coefficient (Wildman–Crippen LogP) is 1.50. The molecule has 0 fully saturated rings. The van der Waals surface area contributed by atoms with Crippen molar-refractivity contribution in [1.82, 2.24) is 4.72 Å². The minimum absolute atomic E-state index is 0.174. The zero-order valence-corrected chi connectivity index (χ0v) is 11.0. The fourth-order valence-electron chi connectivity index (χ4n) is 1.23. The highest BCUT2D eigenvalue weighted by Gasteiger charge is 2.12. The Hall–Kier alpha value is -1.66. The third-order valence-electron chi connectivity index (χ3n) is 2.16. The molecule has 1 amide bonds. The van der Waals surface area contributed by atoms with Crippen molar-refractivity contribution < 1.29 is 13.2 Å². The maximum absolute atomic E-state index is 11.8. The largest absolute Gasteiger partial charge is 0.323 e. The molecule has 0 bridgehead atoms. The Morgan fingerprint density at radius 2 is 1.94 bits per heavy atom. The number of nitrogens with one attached hydrogen (secondary N) is 2. The predicted molar refractivity (Wildman–Crippen MR) is 70.7 cm³/mol. The molecule has 0 aliphatic heterocycles. The van der Waals surface area contributed by atoms with Crippen molar-refractivity contribution in [2.24, 2.45) is 0 Å². The molecule has 1 aromatic carbocycles. The summed E-state index contributed by atoms with van der Waals surface area (Å²) in [6, 6.07) is 5.94. The van der Waals surface area contributed by atoms with Crippen LogP contribution in [0.4, 0.5) is 5.69 Å². The number of benzene rings is 1. The lowest BCUT2D eigenvalue weighted by atomic mass is 10.3. The molecule has 0 radical (unpaired) electrons. The number of hydrogen-bond acceptors (Lipinski definition) is 3. The SMILES string of the molecule is C=CC(=O)Nc1ccc(S(=O)(=O)NCCC)cc1. The lowest BCUT2D eigenvalue weighted by Crippen LogP contribution is -2.24. The normalized spacial score (nSPS) is 10.9. The van der Waals surface area contributed by atoms with Gasteiger partial charge in [0.1, 0.15) is 0 Å². The Balaban J connectivity index is 2.82. The number of sulfonamides is 1. The number of rotatable bonds is 6. The Kier molecular flexibility index (Phi) is 5.06. The van der Waals surface area contributed by atoms with Gasteiger partial charge in [-0.1, -0.05) is 13.5 Å². The molecule has 0 saturated carbocycles. The summed E-state index contributed by atoms with van der Waals surface area (Å²) in [7, 11) is -3.46. The standard InChI is InChI=1S/C12H16N2O3S/c1-3-9-13-18(16,17)11-7-5-10(6-8-11)14-12(15)4-2/h4-8,13H,2-3,9H2,1H3,(H,14,15). The average Bonchev–Trinajstić information content (AvgIpc) is 2.37. The Labute approximate surface area is 107 Å². The van der Waals surface area contributed by atoms with Gasteiger partial charge in [-0.3, -0.25) is 4.79 Å². The minimum atomic E-state index is -3.46. The second kappa shape index (κ2) is 6.32. The third-order valence-corrected chi connectivity index (χ3v) is 3.64. The van der Waals surface area contributed by atoms with E-state index < -0.39 is 10.0 Å². The number of anilines is 1. The van der Waals surface area contributed by atoms with Gasteiger partial charge in [-0.2, -0.15) is 0 Å². The first-order valence-corrected chi connectivity index (χ1v) is 7.01. The smallest absolute Gasteiger partial charge is 0.247 e. The van der Waals surface area contributed by atoms with Crippen molar-refractivity contribution in [3.63, 3.8) is 0 Å². The second-order valence-electron chi connectivity index (χ2n) is 3.62. The molecule has 0 aromatic heterocycles. The Bertz CT molecular complexity index is 521. The Morgan fingerprint density at radius 1 is 1.33 bits per heavy atom. The minimum Gasteiger partial charge on any atom is -0.323 e. The topological polar surface area (TPSA) is 75.3 Å². The van der Waals surface area contributed by atoms with Crippen molar-refractivity contribution in [1.29, 1.82) is 0 Å². The van der Waals surface area contributed by atoms with Crippen molar-refractivity contribution in [2.45, 2.75) is 18.2 Å². The van der Waals surface area contributed by atoms with Crippen molar-refractivity contribution in [3.8, 4) is 0 Å². The highest BCUT2D eigenvalue weighted by atomic mass is 32.2. The molecular weight excluding hydrogens is 252 g/mol. The van der Waals surface area contributed by atoms with E-state index in [4.69, 9.17) is 0 Å².